The minimum absolute atomic E-state index is 0.103. The van der Waals surface area contributed by atoms with Gasteiger partial charge in [-0.2, -0.15) is 0 Å². The molecule has 11 rings (SSSR count). The van der Waals surface area contributed by atoms with E-state index < -0.39 is 0 Å². The third-order valence-electron chi connectivity index (χ3n) is 11.6. The Hall–Kier alpha value is -6.64. The number of hydrogen-bond donors (Lipinski definition) is 0. The topological polar surface area (TPSA) is 16.4 Å². The molecule has 0 radical (unpaired) electrons. The van der Waals surface area contributed by atoms with Crippen LogP contribution in [0.5, 0.6) is 0 Å². The molecule has 1 heterocycles. The van der Waals surface area contributed by atoms with E-state index in [-0.39, 0.29) is 5.41 Å². The molecule has 1 aromatic heterocycles. The third-order valence-corrected chi connectivity index (χ3v) is 11.6. The summed E-state index contributed by atoms with van der Waals surface area (Å²) >= 11 is 0. The molecular formula is C51H35NO. The van der Waals surface area contributed by atoms with Gasteiger partial charge in [0.2, 0.25) is 0 Å². The van der Waals surface area contributed by atoms with Crippen LogP contribution in [0.3, 0.4) is 0 Å². The van der Waals surface area contributed by atoms with Crippen LogP contribution >= 0.6 is 0 Å². The first-order valence-corrected chi connectivity index (χ1v) is 18.4. The summed E-state index contributed by atoms with van der Waals surface area (Å²) in [6, 6.07) is 64.3. The zero-order valence-corrected chi connectivity index (χ0v) is 29.6. The van der Waals surface area contributed by atoms with Crippen molar-refractivity contribution < 1.29 is 4.42 Å². The van der Waals surface area contributed by atoms with E-state index in [2.05, 4.69) is 183 Å². The van der Waals surface area contributed by atoms with E-state index in [1.54, 1.807) is 0 Å². The first-order chi connectivity index (χ1) is 26.0. The number of nitrogens with zero attached hydrogens (tertiary/aromatic N) is 1. The van der Waals surface area contributed by atoms with Gasteiger partial charge >= 0.3 is 0 Å². The van der Waals surface area contributed by atoms with Crippen molar-refractivity contribution in [1.29, 1.82) is 0 Å². The summed E-state index contributed by atoms with van der Waals surface area (Å²) in [5, 5.41) is 9.96. The Balaban J connectivity index is 1.02. The first-order valence-electron chi connectivity index (χ1n) is 18.4. The van der Waals surface area contributed by atoms with Gasteiger partial charge < -0.3 is 9.32 Å². The van der Waals surface area contributed by atoms with Gasteiger partial charge in [0.15, 0.2) is 0 Å². The summed E-state index contributed by atoms with van der Waals surface area (Å²) < 4.78 is 6.40. The SMILES string of the molecule is CC1(C)c2ccccc2-c2ccc(N(c3ccc(-c4ccc5c(ccc6c7ccccc7ccc56)c4)cc3)c3ccc4c(c3)oc3ccccc34)cc21. The fraction of sp³-hybridized carbons (Fsp3) is 0.0588. The van der Waals surface area contributed by atoms with Gasteiger partial charge in [-0.25, -0.2) is 0 Å². The third kappa shape index (κ3) is 4.52. The molecule has 1 aliphatic rings. The molecule has 2 nitrogen and oxygen atoms in total. The summed E-state index contributed by atoms with van der Waals surface area (Å²) in [4.78, 5) is 2.37. The second-order valence-electron chi connectivity index (χ2n) is 14.9. The smallest absolute Gasteiger partial charge is 0.137 e. The Morgan fingerprint density at radius 3 is 1.83 bits per heavy atom. The molecule has 53 heavy (non-hydrogen) atoms. The number of rotatable bonds is 4. The molecule has 0 atom stereocenters. The lowest BCUT2D eigenvalue weighted by atomic mass is 9.82. The van der Waals surface area contributed by atoms with Crippen molar-refractivity contribution in [2.45, 2.75) is 19.3 Å². The highest BCUT2D eigenvalue weighted by Crippen LogP contribution is 2.51. The van der Waals surface area contributed by atoms with Crippen LogP contribution in [0.25, 0.3) is 76.5 Å². The zero-order valence-electron chi connectivity index (χ0n) is 29.6. The van der Waals surface area contributed by atoms with Crippen LogP contribution in [0.15, 0.2) is 180 Å². The van der Waals surface area contributed by atoms with E-state index in [1.807, 2.05) is 12.1 Å². The highest BCUT2D eigenvalue weighted by atomic mass is 16.3. The lowest BCUT2D eigenvalue weighted by Crippen LogP contribution is -2.16. The fourth-order valence-corrected chi connectivity index (χ4v) is 8.94. The molecule has 1 aliphatic carbocycles. The van der Waals surface area contributed by atoms with Crippen molar-refractivity contribution in [3.05, 3.63) is 187 Å². The average molecular weight is 678 g/mol. The standard InChI is InChI=1S/C51H35NO/c1-51(2)47-13-7-5-11-43(47)44-27-22-37(30-48(44)51)52(38-23-28-46-45-12-6-8-14-49(45)53-50(46)31-38)36-20-15-32(16-21-36)34-18-24-40-35(29-34)19-26-41-39-10-4-3-9-33(39)17-25-42(40)41/h3-31H,1-2H3. The monoisotopic (exact) mass is 677 g/mol. The van der Waals surface area contributed by atoms with Gasteiger partial charge in [0.05, 0.1) is 0 Å². The summed E-state index contributed by atoms with van der Waals surface area (Å²) in [6.07, 6.45) is 0. The average Bonchev–Trinajstić information content (AvgIpc) is 3.69. The Bertz CT molecular complexity index is 3090. The molecule has 0 saturated heterocycles. The highest BCUT2D eigenvalue weighted by molar-refractivity contribution is 6.17. The van der Waals surface area contributed by atoms with Crippen LogP contribution in [-0.4, -0.2) is 0 Å². The normalized spacial score (nSPS) is 13.2. The lowest BCUT2D eigenvalue weighted by molar-refractivity contribution is 0.660. The van der Waals surface area contributed by atoms with Crippen LogP contribution in [0.4, 0.5) is 17.1 Å². The van der Waals surface area contributed by atoms with Gasteiger partial charge in [-0.3, -0.25) is 0 Å². The molecule has 10 aromatic rings. The Kier molecular flexibility index (Phi) is 6.33. The van der Waals surface area contributed by atoms with Crippen molar-refractivity contribution in [3.63, 3.8) is 0 Å². The predicted molar refractivity (Wildman–Crippen MR) is 224 cm³/mol. The molecule has 0 saturated carbocycles. The maximum Gasteiger partial charge on any atom is 0.137 e. The van der Waals surface area contributed by atoms with E-state index >= 15 is 0 Å². The van der Waals surface area contributed by atoms with Crippen LogP contribution in [0.1, 0.15) is 25.0 Å². The molecular weight excluding hydrogens is 643 g/mol. The van der Waals surface area contributed by atoms with E-state index in [1.165, 1.54) is 65.7 Å². The van der Waals surface area contributed by atoms with Crippen molar-refractivity contribution in [2.24, 2.45) is 0 Å². The number of anilines is 3. The molecule has 0 unspecified atom stereocenters. The first kappa shape index (κ1) is 30.0. The van der Waals surface area contributed by atoms with Gasteiger partial charge in [0.1, 0.15) is 11.2 Å². The van der Waals surface area contributed by atoms with Gasteiger partial charge in [0.25, 0.3) is 0 Å². The molecule has 0 fully saturated rings. The molecule has 250 valence electrons. The largest absolute Gasteiger partial charge is 0.456 e. The Morgan fingerprint density at radius 1 is 0.377 bits per heavy atom. The van der Waals surface area contributed by atoms with E-state index in [0.717, 1.165) is 39.0 Å². The minimum atomic E-state index is -0.103. The van der Waals surface area contributed by atoms with E-state index in [0.29, 0.717) is 0 Å². The van der Waals surface area contributed by atoms with Crippen LogP contribution in [-0.2, 0) is 5.41 Å². The molecule has 0 bridgehead atoms. The van der Waals surface area contributed by atoms with Crippen molar-refractivity contribution >= 4 is 71.3 Å². The predicted octanol–water partition coefficient (Wildman–Crippen LogP) is 14.5. The molecule has 2 heteroatoms. The summed E-state index contributed by atoms with van der Waals surface area (Å²) in [5.41, 5.74) is 12.7. The van der Waals surface area contributed by atoms with E-state index in [9.17, 15) is 0 Å². The number of fused-ring (bicyclic) bond motifs is 11. The van der Waals surface area contributed by atoms with Crippen LogP contribution in [0, 0.1) is 0 Å². The Morgan fingerprint density at radius 2 is 0.962 bits per heavy atom. The van der Waals surface area contributed by atoms with Crippen molar-refractivity contribution in [3.8, 4) is 22.3 Å². The van der Waals surface area contributed by atoms with Crippen molar-refractivity contribution in [2.75, 3.05) is 4.90 Å². The lowest BCUT2D eigenvalue weighted by Gasteiger charge is -2.28. The Labute approximate surface area is 308 Å². The maximum atomic E-state index is 6.40. The summed E-state index contributed by atoms with van der Waals surface area (Å²) in [6.45, 7) is 4.69. The second-order valence-corrected chi connectivity index (χ2v) is 14.9. The van der Waals surface area contributed by atoms with Crippen LogP contribution in [0.2, 0.25) is 0 Å². The van der Waals surface area contributed by atoms with E-state index in [4.69, 9.17) is 4.42 Å². The summed E-state index contributed by atoms with van der Waals surface area (Å²) in [5.74, 6) is 0. The van der Waals surface area contributed by atoms with Gasteiger partial charge in [-0.1, -0.05) is 135 Å². The number of hydrogen-bond acceptors (Lipinski definition) is 2. The highest BCUT2D eigenvalue weighted by Gasteiger charge is 2.35. The number of furan rings is 1. The molecule has 0 N–H and O–H groups in total. The van der Waals surface area contributed by atoms with Crippen molar-refractivity contribution in [1.82, 2.24) is 0 Å². The number of benzene rings is 9. The van der Waals surface area contributed by atoms with Gasteiger partial charge in [-0.15, -0.1) is 0 Å². The quantitative estimate of drug-likeness (QED) is 0.172. The maximum absolute atomic E-state index is 6.40. The fourth-order valence-electron chi connectivity index (χ4n) is 8.94. The summed E-state index contributed by atoms with van der Waals surface area (Å²) in [7, 11) is 0. The molecule has 0 amide bonds. The second kappa shape index (κ2) is 11.2. The van der Waals surface area contributed by atoms with Gasteiger partial charge in [-0.05, 0) is 114 Å². The zero-order chi connectivity index (χ0) is 35.3. The molecule has 0 aliphatic heterocycles. The number of para-hydroxylation sites is 1. The minimum Gasteiger partial charge on any atom is -0.456 e. The van der Waals surface area contributed by atoms with Gasteiger partial charge in [0, 0.05) is 39.3 Å². The molecule has 0 spiro atoms. The molecule has 9 aromatic carbocycles. The van der Waals surface area contributed by atoms with Crippen LogP contribution < -0.4 is 4.90 Å².